The normalized spacial score (nSPS) is 18.0. The molecular formula is C18H15ClF3NO2. The molecule has 1 aliphatic rings. The molecule has 1 atom stereocenters. The number of carboxylic acid groups (broad SMARTS) is 1. The second-order valence-electron chi connectivity index (χ2n) is 6.07. The first-order chi connectivity index (χ1) is 11.7. The highest BCUT2D eigenvalue weighted by atomic mass is 35.5. The summed E-state index contributed by atoms with van der Waals surface area (Å²) < 4.78 is 37.9. The highest BCUT2D eigenvalue weighted by molar-refractivity contribution is 6.30. The smallest absolute Gasteiger partial charge is 0.416 e. The van der Waals surface area contributed by atoms with E-state index >= 15 is 0 Å². The van der Waals surface area contributed by atoms with Crippen molar-refractivity contribution in [2.75, 3.05) is 0 Å². The summed E-state index contributed by atoms with van der Waals surface area (Å²) in [5.74, 6) is -0.951. The molecule has 0 saturated carbocycles. The number of benzene rings is 2. The van der Waals surface area contributed by atoms with Crippen molar-refractivity contribution in [3.63, 3.8) is 0 Å². The Morgan fingerprint density at radius 3 is 2.44 bits per heavy atom. The van der Waals surface area contributed by atoms with Crippen LogP contribution in [0.15, 0.2) is 42.5 Å². The first-order valence-electron chi connectivity index (χ1n) is 7.64. The van der Waals surface area contributed by atoms with Crippen molar-refractivity contribution in [3.8, 4) is 0 Å². The summed E-state index contributed by atoms with van der Waals surface area (Å²) in [6.45, 7) is 0.634. The lowest BCUT2D eigenvalue weighted by atomic mass is 9.93. The Bertz CT molecular complexity index is 790. The van der Waals surface area contributed by atoms with Gasteiger partial charge < -0.3 is 5.11 Å². The van der Waals surface area contributed by atoms with Crippen LogP contribution in [0, 0.1) is 0 Å². The second-order valence-corrected chi connectivity index (χ2v) is 6.51. The Kier molecular flexibility index (Phi) is 4.75. The molecule has 0 fully saturated rings. The molecule has 3 rings (SSSR count). The van der Waals surface area contributed by atoms with Gasteiger partial charge in [-0.1, -0.05) is 29.8 Å². The van der Waals surface area contributed by atoms with Crippen molar-refractivity contribution in [2.24, 2.45) is 0 Å². The number of carboxylic acids is 1. The molecular weight excluding hydrogens is 355 g/mol. The molecule has 0 bridgehead atoms. The molecule has 1 heterocycles. The average Bonchev–Trinajstić information content (AvgIpc) is 2.53. The van der Waals surface area contributed by atoms with Crippen molar-refractivity contribution in [1.29, 1.82) is 0 Å². The molecule has 2 aromatic rings. The first-order valence-corrected chi connectivity index (χ1v) is 8.02. The van der Waals surface area contributed by atoms with E-state index in [2.05, 4.69) is 0 Å². The number of halogens is 4. The summed E-state index contributed by atoms with van der Waals surface area (Å²) in [6, 6.07) is 9.42. The summed E-state index contributed by atoms with van der Waals surface area (Å²) in [6.07, 6.45) is -4.05. The number of nitrogens with zero attached hydrogens (tertiary/aromatic N) is 1. The molecule has 1 unspecified atom stereocenters. The Balaban J connectivity index is 1.83. The van der Waals surface area contributed by atoms with E-state index < -0.39 is 23.8 Å². The zero-order chi connectivity index (χ0) is 18.2. The second kappa shape index (κ2) is 6.69. The summed E-state index contributed by atoms with van der Waals surface area (Å²) >= 11 is 6.00. The number of hydrogen-bond acceptors (Lipinski definition) is 2. The average molecular weight is 370 g/mol. The van der Waals surface area contributed by atoms with E-state index in [1.807, 2.05) is 6.07 Å². The molecule has 132 valence electrons. The lowest BCUT2D eigenvalue weighted by Gasteiger charge is -2.34. The van der Waals surface area contributed by atoms with Crippen LogP contribution in [-0.4, -0.2) is 22.0 Å². The molecule has 0 spiro atoms. The van der Waals surface area contributed by atoms with E-state index in [-0.39, 0.29) is 6.54 Å². The van der Waals surface area contributed by atoms with Crippen molar-refractivity contribution in [1.82, 2.24) is 4.90 Å². The minimum atomic E-state index is -4.39. The third kappa shape index (κ3) is 3.96. The molecule has 2 aromatic carbocycles. The quantitative estimate of drug-likeness (QED) is 0.873. The van der Waals surface area contributed by atoms with Gasteiger partial charge in [0.05, 0.1) is 5.56 Å². The molecule has 0 aromatic heterocycles. The van der Waals surface area contributed by atoms with Gasteiger partial charge in [-0.25, -0.2) is 0 Å². The van der Waals surface area contributed by atoms with Gasteiger partial charge >= 0.3 is 12.1 Å². The molecule has 7 heteroatoms. The predicted octanol–water partition coefficient (Wildman–Crippen LogP) is 4.37. The molecule has 3 nitrogen and oxygen atoms in total. The van der Waals surface area contributed by atoms with E-state index in [0.29, 0.717) is 23.6 Å². The van der Waals surface area contributed by atoms with Crippen molar-refractivity contribution >= 4 is 17.6 Å². The van der Waals surface area contributed by atoms with E-state index in [1.54, 1.807) is 17.0 Å². The van der Waals surface area contributed by atoms with Gasteiger partial charge in [0.25, 0.3) is 0 Å². The highest BCUT2D eigenvalue weighted by Gasteiger charge is 2.32. The third-order valence-electron chi connectivity index (χ3n) is 4.35. The molecule has 0 amide bonds. The lowest BCUT2D eigenvalue weighted by molar-refractivity contribution is -0.144. The van der Waals surface area contributed by atoms with Gasteiger partial charge in [0.1, 0.15) is 6.04 Å². The Labute approximate surface area is 147 Å². The minimum Gasteiger partial charge on any atom is -0.480 e. The van der Waals surface area contributed by atoms with E-state index in [9.17, 15) is 23.1 Å². The maximum Gasteiger partial charge on any atom is 0.416 e. The molecule has 25 heavy (non-hydrogen) atoms. The SMILES string of the molecule is O=C(O)C1Cc2ccc(Cl)cc2CN1Cc1ccc(C(F)(F)F)cc1. The fourth-order valence-electron chi connectivity index (χ4n) is 3.05. The Morgan fingerprint density at radius 2 is 1.84 bits per heavy atom. The van der Waals surface area contributed by atoms with Gasteiger partial charge in [-0.05, 0) is 47.4 Å². The number of rotatable bonds is 3. The summed E-state index contributed by atoms with van der Waals surface area (Å²) in [7, 11) is 0. The monoisotopic (exact) mass is 369 g/mol. The van der Waals surface area contributed by atoms with Gasteiger partial charge in [0.15, 0.2) is 0 Å². The standard InChI is InChI=1S/C18H15ClF3NO2/c19-15-6-3-12-8-16(17(24)25)23(10-13(12)7-15)9-11-1-4-14(5-2-11)18(20,21)22/h1-7,16H,8-10H2,(H,24,25). The fraction of sp³-hybridized carbons (Fsp3) is 0.278. The minimum absolute atomic E-state index is 0.251. The number of hydrogen-bond donors (Lipinski definition) is 1. The molecule has 0 saturated heterocycles. The number of carbonyl (C=O) groups is 1. The number of alkyl halides is 3. The van der Waals surface area contributed by atoms with Crippen LogP contribution in [0.4, 0.5) is 13.2 Å². The van der Waals surface area contributed by atoms with Crippen LogP contribution in [0.5, 0.6) is 0 Å². The summed E-state index contributed by atoms with van der Waals surface area (Å²) in [5.41, 5.74) is 1.78. The van der Waals surface area contributed by atoms with E-state index in [4.69, 9.17) is 11.6 Å². The van der Waals surface area contributed by atoms with Gasteiger partial charge in [-0.15, -0.1) is 0 Å². The van der Waals surface area contributed by atoms with E-state index in [0.717, 1.165) is 23.3 Å². The van der Waals surface area contributed by atoms with Gasteiger partial charge in [-0.2, -0.15) is 13.2 Å². The van der Waals surface area contributed by atoms with Crippen molar-refractivity contribution in [2.45, 2.75) is 31.7 Å². The molecule has 0 radical (unpaired) electrons. The largest absolute Gasteiger partial charge is 0.480 e. The van der Waals surface area contributed by atoms with Crippen LogP contribution in [0.1, 0.15) is 22.3 Å². The van der Waals surface area contributed by atoms with Crippen molar-refractivity contribution in [3.05, 3.63) is 69.7 Å². The van der Waals surface area contributed by atoms with E-state index in [1.165, 1.54) is 12.1 Å². The van der Waals surface area contributed by atoms with Crippen LogP contribution in [0.2, 0.25) is 5.02 Å². The zero-order valence-electron chi connectivity index (χ0n) is 13.1. The summed E-state index contributed by atoms with van der Waals surface area (Å²) in [4.78, 5) is 13.3. The highest BCUT2D eigenvalue weighted by Crippen LogP contribution is 2.30. The Hall–Kier alpha value is -2.05. The predicted molar refractivity (Wildman–Crippen MR) is 87.3 cm³/mol. The van der Waals surface area contributed by atoms with Gasteiger partial charge in [0, 0.05) is 18.1 Å². The van der Waals surface area contributed by atoms with Crippen LogP contribution < -0.4 is 0 Å². The first kappa shape index (κ1) is 17.8. The molecule has 1 aliphatic heterocycles. The van der Waals surface area contributed by atoms with Crippen LogP contribution in [0.3, 0.4) is 0 Å². The summed E-state index contributed by atoms with van der Waals surface area (Å²) in [5, 5.41) is 10.1. The zero-order valence-corrected chi connectivity index (χ0v) is 13.8. The molecule has 1 N–H and O–H groups in total. The topological polar surface area (TPSA) is 40.5 Å². The van der Waals surface area contributed by atoms with Crippen LogP contribution >= 0.6 is 11.6 Å². The Morgan fingerprint density at radius 1 is 1.16 bits per heavy atom. The maximum absolute atomic E-state index is 12.6. The van der Waals surface area contributed by atoms with Gasteiger partial charge in [-0.3, -0.25) is 9.69 Å². The number of aliphatic carboxylic acids is 1. The van der Waals surface area contributed by atoms with Crippen molar-refractivity contribution < 1.29 is 23.1 Å². The maximum atomic E-state index is 12.6. The fourth-order valence-corrected chi connectivity index (χ4v) is 3.25. The third-order valence-corrected chi connectivity index (χ3v) is 4.58. The number of fused-ring (bicyclic) bond motifs is 1. The molecule has 0 aliphatic carbocycles. The lowest BCUT2D eigenvalue weighted by Crippen LogP contribution is -2.45. The van der Waals surface area contributed by atoms with Crippen LogP contribution in [0.25, 0.3) is 0 Å². The van der Waals surface area contributed by atoms with Crippen LogP contribution in [-0.2, 0) is 30.5 Å². The van der Waals surface area contributed by atoms with Gasteiger partial charge in [0.2, 0.25) is 0 Å².